The number of anilines is 1. The molecule has 0 spiro atoms. The molecule has 1 N–H and O–H groups in total. The third kappa shape index (κ3) is 2.51. The van der Waals surface area contributed by atoms with Crippen LogP contribution in [0, 0.1) is 0 Å². The minimum absolute atomic E-state index is 0.0190. The Labute approximate surface area is 132 Å². The molecule has 0 saturated heterocycles. The number of carbonyl (C=O) groups excluding carboxylic acids is 1. The van der Waals surface area contributed by atoms with Crippen LogP contribution in [0.15, 0.2) is 47.6 Å². The molecule has 2 aromatic rings. The van der Waals surface area contributed by atoms with Gasteiger partial charge in [0.1, 0.15) is 0 Å². The lowest BCUT2D eigenvalue weighted by Crippen LogP contribution is -2.19. The molecule has 3 rings (SSSR count). The molecule has 0 saturated carbocycles. The number of methoxy groups -OCH3 is 1. The molecule has 0 bridgehead atoms. The van der Waals surface area contributed by atoms with E-state index >= 15 is 0 Å². The van der Waals surface area contributed by atoms with Gasteiger partial charge in [-0.05, 0) is 36.4 Å². The maximum atomic E-state index is 12.2. The number of ether oxygens (including phenoxy) is 1. The fourth-order valence-electron chi connectivity index (χ4n) is 2.28. The first-order chi connectivity index (χ1) is 10.6. The monoisotopic (exact) mass is 316 g/mol. The van der Waals surface area contributed by atoms with Crippen LogP contribution in [-0.2, 0) is 4.79 Å². The van der Waals surface area contributed by atoms with Crippen LogP contribution in [0.1, 0.15) is 12.0 Å². The number of hydrogen-bond acceptors (Lipinski definition) is 4. The number of hydrogen-bond donors (Lipinski definition) is 1. The molecule has 0 aliphatic carbocycles. The van der Waals surface area contributed by atoms with Crippen LogP contribution in [0.3, 0.4) is 0 Å². The molecular weight excluding hydrogens is 304 g/mol. The summed E-state index contributed by atoms with van der Waals surface area (Å²) < 4.78 is 5.08. The first-order valence-electron chi connectivity index (χ1n) is 6.62. The highest BCUT2D eigenvalue weighted by atomic mass is 35.5. The van der Waals surface area contributed by atoms with Gasteiger partial charge in [-0.25, -0.2) is 5.01 Å². The van der Waals surface area contributed by atoms with E-state index in [0.29, 0.717) is 27.7 Å². The van der Waals surface area contributed by atoms with E-state index in [1.54, 1.807) is 42.5 Å². The Hall–Kier alpha value is -2.53. The molecule has 6 heteroatoms. The highest BCUT2D eigenvalue weighted by molar-refractivity contribution is 6.30. The van der Waals surface area contributed by atoms with Crippen molar-refractivity contribution in [3.8, 4) is 11.5 Å². The van der Waals surface area contributed by atoms with Gasteiger partial charge in [0.2, 0.25) is 0 Å². The number of aromatic hydroxyl groups is 1. The van der Waals surface area contributed by atoms with Crippen molar-refractivity contribution in [3.05, 3.63) is 53.1 Å². The molecule has 2 aromatic carbocycles. The fourth-order valence-corrected chi connectivity index (χ4v) is 2.41. The van der Waals surface area contributed by atoms with Gasteiger partial charge in [-0.1, -0.05) is 17.7 Å². The molecule has 0 fully saturated rings. The molecule has 0 atom stereocenters. The second-order valence-electron chi connectivity index (χ2n) is 4.76. The number of para-hydroxylation sites is 1. The van der Waals surface area contributed by atoms with Crippen LogP contribution in [0.2, 0.25) is 5.02 Å². The Kier molecular flexibility index (Phi) is 3.73. The normalized spacial score (nSPS) is 14.2. The summed E-state index contributed by atoms with van der Waals surface area (Å²) in [5.41, 5.74) is 1.62. The van der Waals surface area contributed by atoms with Crippen molar-refractivity contribution in [2.24, 2.45) is 5.10 Å². The van der Waals surface area contributed by atoms with Crippen molar-refractivity contribution in [3.63, 3.8) is 0 Å². The fraction of sp³-hybridized carbons (Fsp3) is 0.125. The van der Waals surface area contributed by atoms with Crippen molar-refractivity contribution >= 4 is 28.9 Å². The lowest BCUT2D eigenvalue weighted by molar-refractivity contribution is -0.116. The number of halogens is 1. The van der Waals surface area contributed by atoms with E-state index in [-0.39, 0.29) is 18.1 Å². The summed E-state index contributed by atoms with van der Waals surface area (Å²) in [6, 6.07) is 11.9. The molecule has 0 radical (unpaired) electrons. The molecule has 5 nitrogen and oxygen atoms in total. The summed E-state index contributed by atoms with van der Waals surface area (Å²) in [6.07, 6.45) is 0.114. The third-order valence-electron chi connectivity index (χ3n) is 3.38. The van der Waals surface area contributed by atoms with Crippen LogP contribution < -0.4 is 9.75 Å². The summed E-state index contributed by atoms with van der Waals surface area (Å²) in [6.45, 7) is 0. The van der Waals surface area contributed by atoms with E-state index in [4.69, 9.17) is 16.3 Å². The SMILES string of the molecule is COc1cccc(C2=NN(c3ccc(Cl)cc3)C(=O)C2)c1O. The van der Waals surface area contributed by atoms with Crippen molar-refractivity contribution < 1.29 is 14.6 Å². The van der Waals surface area contributed by atoms with Crippen LogP contribution in [-0.4, -0.2) is 23.8 Å². The Morgan fingerprint density at radius 1 is 1.23 bits per heavy atom. The predicted octanol–water partition coefficient (Wildman–Crippen LogP) is 3.20. The van der Waals surface area contributed by atoms with Gasteiger partial charge in [-0.15, -0.1) is 0 Å². The van der Waals surface area contributed by atoms with Crippen molar-refractivity contribution in [1.82, 2.24) is 0 Å². The van der Waals surface area contributed by atoms with E-state index in [1.807, 2.05) is 0 Å². The molecule has 22 heavy (non-hydrogen) atoms. The number of amides is 1. The minimum atomic E-state index is -0.167. The Morgan fingerprint density at radius 3 is 2.64 bits per heavy atom. The van der Waals surface area contributed by atoms with E-state index in [9.17, 15) is 9.90 Å². The molecule has 1 aliphatic heterocycles. The molecule has 1 heterocycles. The topological polar surface area (TPSA) is 62.1 Å². The average Bonchev–Trinajstić information content (AvgIpc) is 2.90. The van der Waals surface area contributed by atoms with Crippen LogP contribution >= 0.6 is 11.6 Å². The zero-order valence-corrected chi connectivity index (χ0v) is 12.5. The second kappa shape index (κ2) is 5.69. The zero-order chi connectivity index (χ0) is 15.7. The lowest BCUT2D eigenvalue weighted by atomic mass is 10.1. The molecule has 112 valence electrons. The van der Waals surface area contributed by atoms with E-state index in [0.717, 1.165) is 0 Å². The predicted molar refractivity (Wildman–Crippen MR) is 84.8 cm³/mol. The number of hydrazone groups is 1. The highest BCUT2D eigenvalue weighted by Crippen LogP contribution is 2.33. The smallest absolute Gasteiger partial charge is 0.253 e. The summed E-state index contributed by atoms with van der Waals surface area (Å²) in [5.74, 6) is 0.159. The van der Waals surface area contributed by atoms with Gasteiger partial charge in [0.05, 0.1) is 24.9 Å². The van der Waals surface area contributed by atoms with Gasteiger partial charge in [-0.2, -0.15) is 5.10 Å². The Bertz CT molecular complexity index is 756. The standard InChI is InChI=1S/C16H13ClN2O3/c1-22-14-4-2-3-12(16(14)21)13-9-15(20)19(18-13)11-7-5-10(17)6-8-11/h2-8,21H,9H2,1H3. The number of nitrogens with zero attached hydrogens (tertiary/aromatic N) is 2. The van der Waals surface area contributed by atoms with Gasteiger partial charge < -0.3 is 9.84 Å². The van der Waals surface area contributed by atoms with Gasteiger partial charge in [0.25, 0.3) is 5.91 Å². The summed E-state index contributed by atoms with van der Waals surface area (Å²) in [7, 11) is 1.47. The number of rotatable bonds is 3. The summed E-state index contributed by atoms with van der Waals surface area (Å²) >= 11 is 5.85. The van der Waals surface area contributed by atoms with Crippen molar-refractivity contribution in [1.29, 1.82) is 0 Å². The average molecular weight is 317 g/mol. The second-order valence-corrected chi connectivity index (χ2v) is 5.20. The van der Waals surface area contributed by atoms with Gasteiger partial charge in [0.15, 0.2) is 11.5 Å². The Morgan fingerprint density at radius 2 is 1.95 bits per heavy atom. The largest absolute Gasteiger partial charge is 0.504 e. The van der Waals surface area contributed by atoms with E-state index in [1.165, 1.54) is 12.1 Å². The first kappa shape index (κ1) is 14.4. The van der Waals surface area contributed by atoms with Crippen molar-refractivity contribution in [2.45, 2.75) is 6.42 Å². The van der Waals surface area contributed by atoms with Gasteiger partial charge in [-0.3, -0.25) is 4.79 Å². The molecule has 1 aliphatic rings. The van der Waals surface area contributed by atoms with E-state index in [2.05, 4.69) is 5.10 Å². The quantitative estimate of drug-likeness (QED) is 0.946. The number of phenols is 1. The minimum Gasteiger partial charge on any atom is -0.504 e. The maximum absolute atomic E-state index is 12.2. The zero-order valence-electron chi connectivity index (χ0n) is 11.8. The number of benzene rings is 2. The van der Waals surface area contributed by atoms with E-state index < -0.39 is 0 Å². The third-order valence-corrected chi connectivity index (χ3v) is 3.63. The number of phenolic OH excluding ortho intramolecular Hbond substituents is 1. The van der Waals surface area contributed by atoms with Crippen molar-refractivity contribution in [2.75, 3.05) is 12.1 Å². The summed E-state index contributed by atoms with van der Waals surface area (Å²) in [4.78, 5) is 12.2. The van der Waals surface area contributed by atoms with Gasteiger partial charge >= 0.3 is 0 Å². The molecule has 1 amide bonds. The molecule has 0 aromatic heterocycles. The Balaban J connectivity index is 1.98. The molecule has 0 unspecified atom stereocenters. The highest BCUT2D eigenvalue weighted by Gasteiger charge is 2.28. The van der Waals surface area contributed by atoms with Crippen LogP contribution in [0.5, 0.6) is 11.5 Å². The maximum Gasteiger partial charge on any atom is 0.253 e. The molecular formula is C16H13ClN2O3. The summed E-state index contributed by atoms with van der Waals surface area (Å²) in [5, 5.41) is 16.4. The van der Waals surface area contributed by atoms with Crippen LogP contribution in [0.25, 0.3) is 0 Å². The van der Waals surface area contributed by atoms with Crippen LogP contribution in [0.4, 0.5) is 5.69 Å². The lowest BCUT2D eigenvalue weighted by Gasteiger charge is -2.11. The van der Waals surface area contributed by atoms with Gasteiger partial charge in [0, 0.05) is 10.6 Å². The number of carbonyl (C=O) groups is 1. The first-order valence-corrected chi connectivity index (χ1v) is 7.00.